The van der Waals surface area contributed by atoms with Gasteiger partial charge in [0, 0.05) is 12.8 Å². The van der Waals surface area contributed by atoms with E-state index in [-0.39, 0.29) is 18.1 Å². The minimum atomic E-state index is -0.835. The Balaban J connectivity index is 2.63. The highest BCUT2D eigenvalue weighted by Crippen LogP contribution is 2.28. The van der Waals surface area contributed by atoms with Gasteiger partial charge in [0.1, 0.15) is 5.78 Å². The van der Waals surface area contributed by atoms with E-state index in [9.17, 15) is 9.59 Å². The van der Waals surface area contributed by atoms with Crippen LogP contribution in [0.3, 0.4) is 0 Å². The van der Waals surface area contributed by atoms with Crippen LogP contribution in [0.5, 0.6) is 0 Å². The third-order valence-electron chi connectivity index (χ3n) is 2.00. The summed E-state index contributed by atoms with van der Waals surface area (Å²) in [6.07, 6.45) is 0.674. The summed E-state index contributed by atoms with van der Waals surface area (Å²) in [4.78, 5) is 21.1. The molecule has 56 valence electrons. The van der Waals surface area contributed by atoms with Crippen molar-refractivity contribution in [1.29, 1.82) is 0 Å². The molecule has 0 radical (unpaired) electrons. The second-order valence-corrected chi connectivity index (χ2v) is 2.87. The Morgan fingerprint density at radius 2 is 2.20 bits per heavy atom. The van der Waals surface area contributed by atoms with E-state index in [4.69, 9.17) is 5.11 Å². The van der Waals surface area contributed by atoms with Gasteiger partial charge in [-0.2, -0.15) is 0 Å². The molecule has 0 unspecified atom stereocenters. The highest BCUT2D eigenvalue weighted by molar-refractivity contribution is 5.87. The Bertz CT molecular complexity index is 174. The van der Waals surface area contributed by atoms with Crippen molar-refractivity contribution in [2.75, 3.05) is 0 Å². The van der Waals surface area contributed by atoms with Crippen LogP contribution in [0.1, 0.15) is 19.8 Å². The van der Waals surface area contributed by atoms with Crippen LogP contribution >= 0.6 is 0 Å². The molecule has 1 fully saturated rings. The maximum absolute atomic E-state index is 10.7. The highest BCUT2D eigenvalue weighted by atomic mass is 16.4. The fourth-order valence-corrected chi connectivity index (χ4v) is 1.36. The molecule has 10 heavy (non-hydrogen) atoms. The zero-order chi connectivity index (χ0) is 7.72. The van der Waals surface area contributed by atoms with Crippen LogP contribution in [-0.2, 0) is 9.59 Å². The predicted octanol–water partition coefficient (Wildman–Crippen LogP) is 0.686. The van der Waals surface area contributed by atoms with E-state index < -0.39 is 11.9 Å². The first-order valence-electron chi connectivity index (χ1n) is 3.35. The number of hydrogen-bond acceptors (Lipinski definition) is 2. The lowest BCUT2D eigenvalue weighted by atomic mass is 9.99. The molecule has 1 saturated carbocycles. The van der Waals surface area contributed by atoms with E-state index in [1.54, 1.807) is 0 Å². The van der Waals surface area contributed by atoms with Crippen LogP contribution < -0.4 is 0 Å². The van der Waals surface area contributed by atoms with E-state index in [0.717, 1.165) is 0 Å². The molecular formula is C7H10O3. The van der Waals surface area contributed by atoms with Crippen LogP contribution in [0.2, 0.25) is 0 Å². The molecule has 0 aromatic heterocycles. The van der Waals surface area contributed by atoms with Crippen molar-refractivity contribution in [1.82, 2.24) is 0 Å². The molecular weight excluding hydrogens is 132 g/mol. The number of aliphatic carboxylic acids is 1. The monoisotopic (exact) mass is 142 g/mol. The lowest BCUT2D eigenvalue weighted by Crippen LogP contribution is -2.15. The molecule has 2 atom stereocenters. The van der Waals surface area contributed by atoms with Crippen LogP contribution in [0.4, 0.5) is 0 Å². The van der Waals surface area contributed by atoms with Gasteiger partial charge < -0.3 is 5.11 Å². The van der Waals surface area contributed by atoms with Crippen molar-refractivity contribution in [3.8, 4) is 0 Å². The fourth-order valence-electron chi connectivity index (χ4n) is 1.36. The van der Waals surface area contributed by atoms with Crippen molar-refractivity contribution in [2.45, 2.75) is 19.8 Å². The predicted molar refractivity (Wildman–Crippen MR) is 34.5 cm³/mol. The van der Waals surface area contributed by atoms with Gasteiger partial charge in [-0.3, -0.25) is 9.59 Å². The number of rotatable bonds is 1. The number of ketones is 1. The minimum Gasteiger partial charge on any atom is -0.481 e. The first-order chi connectivity index (χ1) is 4.61. The summed E-state index contributed by atoms with van der Waals surface area (Å²) in [6, 6.07) is 0. The van der Waals surface area contributed by atoms with Crippen molar-refractivity contribution < 1.29 is 14.7 Å². The molecule has 0 heterocycles. The van der Waals surface area contributed by atoms with Gasteiger partial charge in [-0.05, 0) is 5.92 Å². The minimum absolute atomic E-state index is 0.0324. The standard InChI is InChI=1S/C7H10O3/c1-4-2-5(8)3-6(4)7(9)10/h4,6H,2-3H2,1H3,(H,9,10)/t4-,6-/m0/s1. The lowest BCUT2D eigenvalue weighted by Gasteiger charge is -2.06. The molecule has 1 aliphatic rings. The molecule has 0 saturated heterocycles. The molecule has 0 amide bonds. The van der Waals surface area contributed by atoms with Crippen LogP contribution in [0.25, 0.3) is 0 Å². The number of carboxylic acid groups (broad SMARTS) is 1. The van der Waals surface area contributed by atoms with Gasteiger partial charge in [-0.15, -0.1) is 0 Å². The van der Waals surface area contributed by atoms with Crippen molar-refractivity contribution >= 4 is 11.8 Å². The second kappa shape index (κ2) is 2.40. The third-order valence-corrected chi connectivity index (χ3v) is 2.00. The Morgan fingerprint density at radius 3 is 2.40 bits per heavy atom. The topological polar surface area (TPSA) is 54.4 Å². The van der Waals surface area contributed by atoms with E-state index in [1.165, 1.54) is 0 Å². The van der Waals surface area contributed by atoms with Crippen LogP contribution in [0.15, 0.2) is 0 Å². The number of carbonyl (C=O) groups is 2. The summed E-state index contributed by atoms with van der Waals surface area (Å²) < 4.78 is 0. The summed E-state index contributed by atoms with van der Waals surface area (Å²) in [5.41, 5.74) is 0. The number of carboxylic acids is 1. The summed E-state index contributed by atoms with van der Waals surface area (Å²) in [5.74, 6) is -1.14. The average molecular weight is 142 g/mol. The molecule has 3 nitrogen and oxygen atoms in total. The SMILES string of the molecule is C[C@H]1CC(=O)C[C@@H]1C(=O)O. The number of carbonyl (C=O) groups excluding carboxylic acids is 1. The van der Waals surface area contributed by atoms with Gasteiger partial charge in [-0.1, -0.05) is 6.92 Å². The maximum atomic E-state index is 10.7. The van der Waals surface area contributed by atoms with Gasteiger partial charge in [0.15, 0.2) is 0 Å². The summed E-state index contributed by atoms with van der Waals surface area (Å²) >= 11 is 0. The van der Waals surface area contributed by atoms with Gasteiger partial charge in [0.25, 0.3) is 0 Å². The lowest BCUT2D eigenvalue weighted by molar-refractivity contribution is -0.143. The maximum Gasteiger partial charge on any atom is 0.307 e. The van der Waals surface area contributed by atoms with Crippen molar-refractivity contribution in [2.24, 2.45) is 11.8 Å². The quantitative estimate of drug-likeness (QED) is 0.586. The smallest absolute Gasteiger partial charge is 0.307 e. The van der Waals surface area contributed by atoms with Crippen LogP contribution in [0, 0.1) is 11.8 Å². The van der Waals surface area contributed by atoms with Crippen LogP contribution in [-0.4, -0.2) is 16.9 Å². The normalized spacial score (nSPS) is 32.7. The molecule has 3 heteroatoms. The van der Waals surface area contributed by atoms with Gasteiger partial charge in [-0.25, -0.2) is 0 Å². The molecule has 0 aromatic carbocycles. The Hall–Kier alpha value is -0.860. The summed E-state index contributed by atoms with van der Waals surface area (Å²) in [7, 11) is 0. The van der Waals surface area contributed by atoms with E-state index >= 15 is 0 Å². The largest absolute Gasteiger partial charge is 0.481 e. The molecule has 0 bridgehead atoms. The fraction of sp³-hybridized carbons (Fsp3) is 0.714. The summed E-state index contributed by atoms with van der Waals surface area (Å²) in [5, 5.41) is 8.55. The number of hydrogen-bond donors (Lipinski definition) is 1. The van der Waals surface area contributed by atoms with Gasteiger partial charge in [0.05, 0.1) is 5.92 Å². The molecule has 1 aliphatic carbocycles. The third kappa shape index (κ3) is 1.17. The second-order valence-electron chi connectivity index (χ2n) is 2.87. The van der Waals surface area contributed by atoms with Gasteiger partial charge >= 0.3 is 5.97 Å². The Morgan fingerprint density at radius 1 is 1.60 bits per heavy atom. The molecule has 0 aromatic rings. The molecule has 1 rings (SSSR count). The van der Waals surface area contributed by atoms with E-state index in [2.05, 4.69) is 0 Å². The Kier molecular flexibility index (Phi) is 1.74. The van der Waals surface area contributed by atoms with Gasteiger partial charge in [0.2, 0.25) is 0 Å². The number of Topliss-reactive ketones (excluding diaryl/α,β-unsaturated/α-hetero) is 1. The summed E-state index contributed by atoms with van der Waals surface area (Å²) in [6.45, 7) is 1.81. The van der Waals surface area contributed by atoms with Crippen molar-refractivity contribution in [3.63, 3.8) is 0 Å². The highest BCUT2D eigenvalue weighted by Gasteiger charge is 2.34. The average Bonchev–Trinajstić information content (AvgIpc) is 2.10. The zero-order valence-corrected chi connectivity index (χ0v) is 5.83. The molecule has 0 spiro atoms. The zero-order valence-electron chi connectivity index (χ0n) is 5.83. The Labute approximate surface area is 59.0 Å². The molecule has 0 aliphatic heterocycles. The molecule has 1 N–H and O–H groups in total. The first-order valence-corrected chi connectivity index (χ1v) is 3.35. The van der Waals surface area contributed by atoms with Crippen molar-refractivity contribution in [3.05, 3.63) is 0 Å². The van der Waals surface area contributed by atoms with E-state index in [1.807, 2.05) is 6.92 Å². The van der Waals surface area contributed by atoms with E-state index in [0.29, 0.717) is 6.42 Å². The first kappa shape index (κ1) is 7.25.